The van der Waals surface area contributed by atoms with E-state index in [0.717, 1.165) is 29.9 Å². The van der Waals surface area contributed by atoms with E-state index in [9.17, 15) is 4.79 Å². The molecule has 1 aromatic carbocycles. The molecule has 4 rings (SSSR count). The molecule has 0 N–H and O–H groups in total. The Bertz CT molecular complexity index is 792. The van der Waals surface area contributed by atoms with Crippen LogP contribution in [0, 0.1) is 0 Å². The summed E-state index contributed by atoms with van der Waals surface area (Å²) in [6.45, 7) is 1.38. The third-order valence-electron chi connectivity index (χ3n) is 5.51. The number of hydrogen-bond donors (Lipinski definition) is 0. The Labute approximate surface area is 171 Å². The summed E-state index contributed by atoms with van der Waals surface area (Å²) in [5, 5.41) is 0. The van der Waals surface area contributed by atoms with Gasteiger partial charge in [0.15, 0.2) is 17.6 Å². The molecule has 1 aliphatic heterocycles. The van der Waals surface area contributed by atoms with Crippen LogP contribution in [0.1, 0.15) is 37.7 Å². The number of aromatic nitrogens is 1. The monoisotopic (exact) mass is 396 g/mol. The number of carbonyl (C=O) groups is 1. The number of fused-ring (bicyclic) bond motifs is 1. The van der Waals surface area contributed by atoms with Gasteiger partial charge in [0, 0.05) is 25.0 Å². The number of nitrogens with zero attached hydrogens (tertiary/aromatic N) is 2. The van der Waals surface area contributed by atoms with E-state index >= 15 is 0 Å². The molecule has 29 heavy (non-hydrogen) atoms. The van der Waals surface area contributed by atoms with Gasteiger partial charge >= 0.3 is 0 Å². The van der Waals surface area contributed by atoms with Gasteiger partial charge in [0.05, 0.1) is 6.61 Å². The van der Waals surface area contributed by atoms with Crippen molar-refractivity contribution in [2.75, 3.05) is 19.8 Å². The quantitative estimate of drug-likeness (QED) is 0.716. The second-order valence-electron chi connectivity index (χ2n) is 7.69. The van der Waals surface area contributed by atoms with Gasteiger partial charge in [-0.1, -0.05) is 37.5 Å². The summed E-state index contributed by atoms with van der Waals surface area (Å²) < 4.78 is 17.4. The highest BCUT2D eigenvalue weighted by atomic mass is 16.6. The summed E-state index contributed by atoms with van der Waals surface area (Å²) in [6.07, 6.45) is 9.09. The van der Waals surface area contributed by atoms with Crippen molar-refractivity contribution in [3.8, 4) is 11.5 Å². The Hall–Kier alpha value is -2.60. The number of hydrogen-bond acceptors (Lipinski definition) is 5. The first-order chi connectivity index (χ1) is 14.3. The largest absolute Gasteiger partial charge is 0.486 e. The van der Waals surface area contributed by atoms with Crippen LogP contribution in [0.25, 0.3) is 0 Å². The molecule has 0 bridgehead atoms. The number of para-hydroxylation sites is 2. The van der Waals surface area contributed by atoms with Crippen LogP contribution < -0.4 is 9.47 Å². The molecule has 1 aliphatic carbocycles. The lowest BCUT2D eigenvalue weighted by Crippen LogP contribution is -2.43. The molecule has 0 radical (unpaired) electrons. The molecule has 0 spiro atoms. The molecule has 2 aromatic rings. The summed E-state index contributed by atoms with van der Waals surface area (Å²) in [5.74, 6) is 1.50. The summed E-state index contributed by atoms with van der Waals surface area (Å²) in [7, 11) is 0. The number of carbonyl (C=O) groups excluding carboxylic acids is 1. The lowest BCUT2D eigenvalue weighted by Gasteiger charge is -2.34. The fraction of sp³-hybridized carbons (Fsp3) is 0.478. The second kappa shape index (κ2) is 9.74. The molecule has 6 heteroatoms. The van der Waals surface area contributed by atoms with Crippen molar-refractivity contribution in [3.63, 3.8) is 0 Å². The Kier molecular flexibility index (Phi) is 6.62. The van der Waals surface area contributed by atoms with E-state index in [2.05, 4.69) is 4.98 Å². The van der Waals surface area contributed by atoms with Crippen molar-refractivity contribution in [3.05, 3.63) is 54.4 Å². The fourth-order valence-electron chi connectivity index (χ4n) is 4.01. The van der Waals surface area contributed by atoms with Crippen molar-refractivity contribution in [2.24, 2.45) is 0 Å². The molecule has 2 aliphatic rings. The molecule has 1 amide bonds. The Morgan fingerprint density at radius 3 is 2.72 bits per heavy atom. The Balaban J connectivity index is 1.31. The highest BCUT2D eigenvalue weighted by molar-refractivity contribution is 5.77. The van der Waals surface area contributed by atoms with E-state index in [1.807, 2.05) is 47.5 Å². The van der Waals surface area contributed by atoms with E-state index in [1.165, 1.54) is 19.3 Å². The van der Waals surface area contributed by atoms with Crippen LogP contribution in [0.2, 0.25) is 0 Å². The lowest BCUT2D eigenvalue weighted by molar-refractivity contribution is -0.141. The van der Waals surface area contributed by atoms with Gasteiger partial charge in [0.25, 0.3) is 0 Å². The first kappa shape index (κ1) is 19.7. The van der Waals surface area contributed by atoms with Gasteiger partial charge in [-0.2, -0.15) is 0 Å². The lowest BCUT2D eigenvalue weighted by atomic mass is 9.94. The van der Waals surface area contributed by atoms with Gasteiger partial charge in [-0.25, -0.2) is 0 Å². The molecule has 0 saturated heterocycles. The molecule has 1 atom stereocenters. The van der Waals surface area contributed by atoms with Crippen LogP contribution in [0.5, 0.6) is 11.5 Å². The molecule has 0 unspecified atom stereocenters. The van der Waals surface area contributed by atoms with Gasteiger partial charge in [-0.05, 0) is 36.6 Å². The third kappa shape index (κ3) is 5.26. The number of ether oxygens (including phenoxy) is 3. The zero-order valence-electron chi connectivity index (χ0n) is 16.7. The molecular formula is C23H28N2O4. The summed E-state index contributed by atoms with van der Waals surface area (Å²) in [5.41, 5.74) is 1.05. The van der Waals surface area contributed by atoms with Gasteiger partial charge in [0.2, 0.25) is 5.91 Å². The number of benzene rings is 1. The van der Waals surface area contributed by atoms with Crippen molar-refractivity contribution in [1.82, 2.24) is 9.88 Å². The topological polar surface area (TPSA) is 60.9 Å². The number of pyridine rings is 1. The zero-order valence-corrected chi connectivity index (χ0v) is 16.7. The maximum Gasteiger partial charge on any atom is 0.249 e. The minimum absolute atomic E-state index is 0.0258. The number of rotatable bonds is 7. The van der Waals surface area contributed by atoms with Crippen LogP contribution in [0.15, 0.2) is 48.8 Å². The molecule has 1 fully saturated rings. The van der Waals surface area contributed by atoms with Crippen LogP contribution in [-0.4, -0.2) is 47.8 Å². The van der Waals surface area contributed by atoms with Gasteiger partial charge < -0.3 is 19.1 Å². The van der Waals surface area contributed by atoms with Gasteiger partial charge in [0.1, 0.15) is 13.2 Å². The van der Waals surface area contributed by atoms with Gasteiger partial charge in [-0.15, -0.1) is 0 Å². The molecule has 6 nitrogen and oxygen atoms in total. The standard InChI is InChI=1S/C23H28N2O4/c26-23(17-27-15-20-16-28-21-10-4-5-11-22(21)29-20)25(19-8-2-1-3-9-19)14-18-7-6-12-24-13-18/h4-7,10-13,19-20H,1-3,8-9,14-17H2/t20-/m0/s1. The Morgan fingerprint density at radius 1 is 1.10 bits per heavy atom. The number of amides is 1. The maximum absolute atomic E-state index is 13.0. The third-order valence-corrected chi connectivity index (χ3v) is 5.51. The first-order valence-corrected chi connectivity index (χ1v) is 10.4. The van der Waals surface area contributed by atoms with Crippen LogP contribution in [-0.2, 0) is 16.1 Å². The van der Waals surface area contributed by atoms with Crippen LogP contribution >= 0.6 is 0 Å². The fourth-order valence-corrected chi connectivity index (χ4v) is 4.01. The van der Waals surface area contributed by atoms with Crippen LogP contribution in [0.3, 0.4) is 0 Å². The normalized spacial score (nSPS) is 19.0. The van der Waals surface area contributed by atoms with Gasteiger partial charge in [-0.3, -0.25) is 9.78 Å². The van der Waals surface area contributed by atoms with E-state index in [4.69, 9.17) is 14.2 Å². The molecule has 1 saturated carbocycles. The zero-order chi connectivity index (χ0) is 19.9. The van der Waals surface area contributed by atoms with E-state index in [0.29, 0.717) is 19.8 Å². The molecule has 1 aromatic heterocycles. The minimum atomic E-state index is -0.209. The van der Waals surface area contributed by atoms with Crippen molar-refractivity contribution in [1.29, 1.82) is 0 Å². The average molecular weight is 396 g/mol. The second-order valence-corrected chi connectivity index (χ2v) is 7.69. The van der Waals surface area contributed by atoms with Crippen molar-refractivity contribution < 1.29 is 19.0 Å². The molecule has 154 valence electrons. The molecule has 2 heterocycles. The average Bonchev–Trinajstić information content (AvgIpc) is 2.78. The summed E-state index contributed by atoms with van der Waals surface area (Å²) in [6, 6.07) is 11.8. The first-order valence-electron chi connectivity index (χ1n) is 10.4. The smallest absolute Gasteiger partial charge is 0.249 e. The van der Waals surface area contributed by atoms with E-state index in [1.54, 1.807) is 6.20 Å². The molecular weight excluding hydrogens is 368 g/mol. The van der Waals surface area contributed by atoms with E-state index in [-0.39, 0.29) is 24.7 Å². The summed E-state index contributed by atoms with van der Waals surface area (Å²) in [4.78, 5) is 19.2. The minimum Gasteiger partial charge on any atom is -0.486 e. The predicted molar refractivity (Wildman–Crippen MR) is 109 cm³/mol. The van der Waals surface area contributed by atoms with Crippen molar-refractivity contribution in [2.45, 2.75) is 50.8 Å². The highest BCUT2D eigenvalue weighted by Gasteiger charge is 2.27. The maximum atomic E-state index is 13.0. The summed E-state index contributed by atoms with van der Waals surface area (Å²) >= 11 is 0. The Morgan fingerprint density at radius 2 is 1.93 bits per heavy atom. The highest BCUT2D eigenvalue weighted by Crippen LogP contribution is 2.31. The predicted octanol–water partition coefficient (Wildman–Crippen LogP) is 3.60. The van der Waals surface area contributed by atoms with E-state index < -0.39 is 0 Å². The van der Waals surface area contributed by atoms with Crippen LogP contribution in [0.4, 0.5) is 0 Å². The van der Waals surface area contributed by atoms with Crippen molar-refractivity contribution >= 4 is 5.91 Å². The SMILES string of the molecule is O=C(COC[C@H]1COc2ccccc2O1)N(Cc1cccnc1)C1CCCCC1.